The first kappa shape index (κ1) is 24.1. The van der Waals surface area contributed by atoms with Crippen molar-refractivity contribution in [2.75, 3.05) is 6.61 Å². The van der Waals surface area contributed by atoms with Crippen molar-refractivity contribution in [1.29, 1.82) is 0 Å². The molecule has 30 heavy (non-hydrogen) atoms. The molecule has 0 saturated heterocycles. The van der Waals surface area contributed by atoms with Gasteiger partial charge in [0.2, 0.25) is 5.78 Å². The third kappa shape index (κ3) is 3.21. The molecule has 0 aliphatic heterocycles. The minimum atomic E-state index is -1.37. The zero-order chi connectivity index (χ0) is 21.2. The van der Waals surface area contributed by atoms with Gasteiger partial charge in [-0.05, 0) is 67.8 Å². The van der Waals surface area contributed by atoms with E-state index in [1.54, 1.807) is 6.08 Å². The number of fused-ring (bicyclic) bond motifs is 5. The van der Waals surface area contributed by atoms with Crippen LogP contribution in [0.2, 0.25) is 0 Å². The second kappa shape index (κ2) is 8.11. The van der Waals surface area contributed by atoms with Gasteiger partial charge in [-0.1, -0.05) is 19.4 Å². The van der Waals surface area contributed by atoms with Crippen LogP contribution in [0.25, 0.3) is 0 Å². The van der Waals surface area contributed by atoms with Crippen molar-refractivity contribution in [1.82, 2.24) is 0 Å². The van der Waals surface area contributed by atoms with Gasteiger partial charge in [0.15, 0.2) is 11.4 Å². The predicted molar refractivity (Wildman–Crippen MR) is 106 cm³/mol. The van der Waals surface area contributed by atoms with Gasteiger partial charge < -0.3 is 16.4 Å². The van der Waals surface area contributed by atoms with Crippen molar-refractivity contribution < 1.29 is 60.3 Å². The van der Waals surface area contributed by atoms with E-state index in [2.05, 4.69) is 6.92 Å². The summed E-state index contributed by atoms with van der Waals surface area (Å²) >= 11 is 0. The number of allylic oxidation sites excluding steroid dienone is 1. The van der Waals surface area contributed by atoms with Crippen molar-refractivity contribution >= 4 is 17.5 Å². The molecule has 0 bridgehead atoms. The van der Waals surface area contributed by atoms with Crippen LogP contribution in [0.5, 0.6) is 0 Å². The topological polar surface area (TPSA) is 101 Å². The van der Waals surface area contributed by atoms with E-state index in [0.717, 1.165) is 31.3 Å². The molecule has 0 unspecified atom stereocenters. The Labute approximate surface area is 201 Å². The van der Waals surface area contributed by atoms with Gasteiger partial charge >= 0.3 is 35.5 Å². The average Bonchev–Trinajstić information content (AvgIpc) is 2.93. The summed E-state index contributed by atoms with van der Waals surface area (Å²) in [5.41, 5.74) is -1.12. The Hall–Kier alpha value is -0.530. The van der Waals surface area contributed by atoms with E-state index in [-0.39, 0.29) is 59.9 Å². The summed E-state index contributed by atoms with van der Waals surface area (Å²) in [6.45, 7) is 4.76. The molecule has 7 heteroatoms. The van der Waals surface area contributed by atoms with Gasteiger partial charge in [-0.2, -0.15) is 0 Å². The van der Waals surface area contributed by atoms with Crippen molar-refractivity contribution in [3.8, 4) is 0 Å². The molecule has 162 valence electrons. The van der Waals surface area contributed by atoms with Crippen LogP contribution in [0.1, 0.15) is 67.1 Å². The molecule has 0 radical (unpaired) electrons. The van der Waals surface area contributed by atoms with Crippen LogP contribution < -0.4 is 29.6 Å². The molecule has 0 aromatic carbocycles. The fourth-order valence-electron chi connectivity index (χ4n) is 7.73. The van der Waals surface area contributed by atoms with E-state index >= 15 is 0 Å². The third-order valence-electron chi connectivity index (χ3n) is 8.93. The van der Waals surface area contributed by atoms with Gasteiger partial charge in [0, 0.05) is 18.8 Å². The molecule has 0 heterocycles. The summed E-state index contributed by atoms with van der Waals surface area (Å²) in [6.07, 6.45) is 5.59. The fourth-order valence-corrected chi connectivity index (χ4v) is 7.73. The molecule has 0 aromatic heterocycles. The number of carbonyl (C=O) groups is 3. The van der Waals surface area contributed by atoms with Crippen LogP contribution >= 0.6 is 0 Å². The Morgan fingerprint density at radius 2 is 1.93 bits per heavy atom. The van der Waals surface area contributed by atoms with E-state index in [0.29, 0.717) is 19.3 Å². The van der Waals surface area contributed by atoms with Crippen molar-refractivity contribution in [2.45, 2.75) is 77.4 Å². The SMILES string of the molecule is CC(=O)O[C@]1(C(=O)CO)CC[C@H]2[C@@H]3CCC4=CC(=O)CC[C@]4(C)[C@H]3[C@@H](O)C[C@@]21C.[H-].[Na+]. The smallest absolute Gasteiger partial charge is 1.00 e. The molecule has 4 aliphatic rings. The Morgan fingerprint density at radius 1 is 1.23 bits per heavy atom. The van der Waals surface area contributed by atoms with Crippen LogP contribution in [-0.4, -0.2) is 46.1 Å². The predicted octanol–water partition coefficient (Wildman–Crippen LogP) is -0.531. The number of ether oxygens (including phenoxy) is 1. The molecule has 3 fully saturated rings. The van der Waals surface area contributed by atoms with Gasteiger partial charge in [0.25, 0.3) is 0 Å². The van der Waals surface area contributed by atoms with Crippen LogP contribution in [0.15, 0.2) is 11.6 Å². The van der Waals surface area contributed by atoms with Crippen molar-refractivity contribution in [3.05, 3.63) is 11.6 Å². The Bertz CT molecular complexity index is 799. The number of aliphatic hydroxyl groups excluding tert-OH is 2. The van der Waals surface area contributed by atoms with Crippen LogP contribution in [0.3, 0.4) is 0 Å². The molecule has 4 aliphatic carbocycles. The number of carbonyl (C=O) groups excluding carboxylic acids is 3. The maximum Gasteiger partial charge on any atom is 1.00 e. The Balaban J connectivity index is 0.00000171. The number of hydrogen-bond donors (Lipinski definition) is 2. The van der Waals surface area contributed by atoms with Gasteiger partial charge in [-0.3, -0.25) is 14.4 Å². The summed E-state index contributed by atoms with van der Waals surface area (Å²) < 4.78 is 5.68. The molecule has 3 saturated carbocycles. The van der Waals surface area contributed by atoms with E-state index < -0.39 is 35.5 Å². The molecule has 6 nitrogen and oxygen atoms in total. The number of Topliss-reactive ketones (excluding diaryl/α,β-unsaturated/α-hetero) is 1. The van der Waals surface area contributed by atoms with Crippen molar-refractivity contribution in [3.63, 3.8) is 0 Å². The molecule has 0 amide bonds. The molecular weight excluding hydrogens is 395 g/mol. The normalized spacial score (nSPS) is 44.7. The van der Waals surface area contributed by atoms with Crippen LogP contribution in [0.4, 0.5) is 0 Å². The Morgan fingerprint density at radius 3 is 2.57 bits per heavy atom. The van der Waals surface area contributed by atoms with Gasteiger partial charge in [-0.25, -0.2) is 0 Å². The standard InChI is InChI=1S/C23H32O6.Na.H/c1-13(25)29-23(19(28)12-24)9-7-17-16-5-4-14-10-15(26)6-8-21(14,2)20(16)18(27)11-22(17,23)3;;/h10,16-18,20,24,27H,4-9,11-12H2,1-3H3;;/q;+1;-1/t16-,17-,18-,20+,21-,22-,23-;;/m0../s1. The molecule has 2 N–H and O–H groups in total. The first-order valence-electron chi connectivity index (χ1n) is 10.8. The first-order chi connectivity index (χ1) is 13.6. The second-order valence-electron chi connectivity index (χ2n) is 10.1. The molecule has 0 spiro atoms. The van der Waals surface area contributed by atoms with E-state index in [4.69, 9.17) is 4.74 Å². The van der Waals surface area contributed by atoms with E-state index in [1.165, 1.54) is 6.92 Å². The molecule has 0 aromatic rings. The quantitative estimate of drug-likeness (QED) is 0.463. The number of aliphatic hydroxyl groups is 2. The van der Waals surface area contributed by atoms with Gasteiger partial charge in [-0.15, -0.1) is 0 Å². The summed E-state index contributed by atoms with van der Waals surface area (Å²) in [5, 5.41) is 21.0. The number of hydrogen-bond acceptors (Lipinski definition) is 6. The summed E-state index contributed by atoms with van der Waals surface area (Å²) in [7, 11) is 0. The van der Waals surface area contributed by atoms with Gasteiger partial charge in [0.1, 0.15) is 6.61 Å². The fraction of sp³-hybridized carbons (Fsp3) is 0.783. The summed E-state index contributed by atoms with van der Waals surface area (Å²) in [6, 6.07) is 0. The minimum Gasteiger partial charge on any atom is -1.00 e. The number of esters is 1. The zero-order valence-corrected chi connectivity index (χ0v) is 20.6. The van der Waals surface area contributed by atoms with E-state index in [1.807, 2.05) is 6.92 Å². The molecular formula is C23H33NaO6. The van der Waals surface area contributed by atoms with Crippen LogP contribution in [-0.2, 0) is 19.1 Å². The van der Waals surface area contributed by atoms with Gasteiger partial charge in [0.05, 0.1) is 6.10 Å². The number of ketones is 2. The monoisotopic (exact) mass is 428 g/mol. The first-order valence-corrected chi connectivity index (χ1v) is 10.8. The summed E-state index contributed by atoms with van der Waals surface area (Å²) in [4.78, 5) is 36.8. The Kier molecular flexibility index (Phi) is 6.52. The largest absolute Gasteiger partial charge is 1.00 e. The van der Waals surface area contributed by atoms with E-state index in [9.17, 15) is 24.6 Å². The average molecular weight is 429 g/mol. The van der Waals surface area contributed by atoms with Crippen molar-refractivity contribution in [2.24, 2.45) is 28.6 Å². The van der Waals surface area contributed by atoms with Crippen LogP contribution in [0, 0.1) is 28.6 Å². The zero-order valence-electron chi connectivity index (χ0n) is 19.6. The molecule has 4 rings (SSSR count). The number of rotatable bonds is 3. The maximum atomic E-state index is 12.9. The second-order valence-corrected chi connectivity index (χ2v) is 10.1. The summed E-state index contributed by atoms with van der Waals surface area (Å²) in [5.74, 6) is -0.462. The third-order valence-corrected chi connectivity index (χ3v) is 8.93. The molecule has 7 atom stereocenters. The minimum absolute atomic E-state index is 0. The maximum absolute atomic E-state index is 12.9.